The first kappa shape index (κ1) is 12.6. The molecule has 0 bridgehead atoms. The molecule has 0 aromatic heterocycles. The van der Waals surface area contributed by atoms with Crippen molar-refractivity contribution in [1.29, 1.82) is 0 Å². The van der Waals surface area contributed by atoms with E-state index in [0.717, 1.165) is 5.75 Å². The van der Waals surface area contributed by atoms with Crippen LogP contribution in [0.25, 0.3) is 0 Å². The first-order valence-electron chi connectivity index (χ1n) is 2.60. The summed E-state index contributed by atoms with van der Waals surface area (Å²) in [7, 11) is 0. The van der Waals surface area contributed by atoms with Gasteiger partial charge >= 0.3 is 21.1 Å². The Labute approximate surface area is 80.2 Å². The Bertz CT molecular complexity index is 69.4. The molecule has 0 aliphatic carbocycles. The zero-order valence-electron chi connectivity index (χ0n) is 5.46. The molecular weight excluding hydrogens is 335 g/mol. The topological polar surface area (TPSA) is 9.23 Å². The standard InChI is InChI=1S/C5H10OS2.Pt/c1-3-6-5(7)8-4-2;/h3-4H2,1-2H3;/q;+2. The molecule has 0 rings (SSSR count). The van der Waals surface area contributed by atoms with E-state index in [2.05, 4.69) is 6.92 Å². The quantitative estimate of drug-likeness (QED) is 0.709. The summed E-state index contributed by atoms with van der Waals surface area (Å²) in [6.45, 7) is 4.67. The molecule has 0 atom stereocenters. The maximum atomic E-state index is 4.98. The Balaban J connectivity index is 0. The molecule has 4 heteroatoms. The van der Waals surface area contributed by atoms with Crippen LogP contribution in [-0.4, -0.2) is 16.7 Å². The molecule has 0 N–H and O–H groups in total. The molecule has 0 radical (unpaired) electrons. The summed E-state index contributed by atoms with van der Waals surface area (Å²) in [4.78, 5) is 0. The average Bonchev–Trinajstić information content (AvgIpc) is 1.68. The van der Waals surface area contributed by atoms with Gasteiger partial charge in [0.05, 0.1) is 6.61 Å². The Morgan fingerprint density at radius 3 is 2.44 bits per heavy atom. The SMILES string of the molecule is CCOC(=S)SCC.[Pt+2]. The third kappa shape index (κ3) is 8.93. The van der Waals surface area contributed by atoms with E-state index in [1.807, 2.05) is 6.92 Å². The molecule has 1 nitrogen and oxygen atoms in total. The summed E-state index contributed by atoms with van der Waals surface area (Å²) in [6.07, 6.45) is 0. The van der Waals surface area contributed by atoms with Gasteiger partial charge in [0.25, 0.3) is 0 Å². The molecule has 0 aromatic rings. The minimum atomic E-state index is 0. The van der Waals surface area contributed by atoms with E-state index in [1.54, 1.807) is 11.8 Å². The van der Waals surface area contributed by atoms with Gasteiger partial charge in [-0.1, -0.05) is 18.7 Å². The summed E-state index contributed by atoms with van der Waals surface area (Å²) in [5.74, 6) is 0.999. The largest absolute Gasteiger partial charge is 2.00 e. The molecule has 0 heterocycles. The monoisotopic (exact) mass is 345 g/mol. The Morgan fingerprint density at radius 1 is 1.56 bits per heavy atom. The van der Waals surface area contributed by atoms with Crippen LogP contribution < -0.4 is 0 Å². The first-order chi connectivity index (χ1) is 3.81. The van der Waals surface area contributed by atoms with Crippen molar-refractivity contribution in [3.05, 3.63) is 0 Å². The molecule has 0 saturated carbocycles. The van der Waals surface area contributed by atoms with Crippen LogP contribution in [0.5, 0.6) is 0 Å². The van der Waals surface area contributed by atoms with Crippen molar-refractivity contribution in [2.45, 2.75) is 13.8 Å². The normalized spacial score (nSPS) is 7.78. The van der Waals surface area contributed by atoms with E-state index >= 15 is 0 Å². The zero-order chi connectivity index (χ0) is 6.41. The minimum Gasteiger partial charge on any atom is -0.479 e. The Kier molecular flexibility index (Phi) is 12.5. The van der Waals surface area contributed by atoms with Crippen molar-refractivity contribution in [2.75, 3.05) is 12.4 Å². The number of thioether (sulfide) groups is 1. The van der Waals surface area contributed by atoms with Crippen LogP contribution in [-0.2, 0) is 25.8 Å². The molecule has 56 valence electrons. The zero-order valence-corrected chi connectivity index (χ0v) is 9.36. The number of thiocarbonyl (C=S) groups is 1. The molecular formula is C5H10OPtS2+2. The molecule has 0 aliphatic rings. The summed E-state index contributed by atoms with van der Waals surface area (Å²) >= 11 is 6.36. The first-order valence-corrected chi connectivity index (χ1v) is 4.00. The molecule has 0 fully saturated rings. The van der Waals surface area contributed by atoms with Crippen molar-refractivity contribution in [2.24, 2.45) is 0 Å². The Morgan fingerprint density at radius 2 is 2.11 bits per heavy atom. The van der Waals surface area contributed by atoms with Gasteiger partial charge in [0.1, 0.15) is 0 Å². The van der Waals surface area contributed by atoms with Crippen LogP contribution in [0, 0.1) is 0 Å². The Hall–Kier alpha value is 0.928. The second kappa shape index (κ2) is 8.93. The molecule has 0 spiro atoms. The number of hydrogen-bond donors (Lipinski definition) is 0. The van der Waals surface area contributed by atoms with Gasteiger partial charge < -0.3 is 4.74 Å². The van der Waals surface area contributed by atoms with E-state index in [4.69, 9.17) is 17.0 Å². The van der Waals surface area contributed by atoms with Gasteiger partial charge in [-0.15, -0.1) is 0 Å². The van der Waals surface area contributed by atoms with Gasteiger partial charge in [0.15, 0.2) is 0 Å². The van der Waals surface area contributed by atoms with E-state index in [0.29, 0.717) is 11.0 Å². The summed E-state index contributed by atoms with van der Waals surface area (Å²) < 4.78 is 5.64. The van der Waals surface area contributed by atoms with Gasteiger partial charge in [-0.25, -0.2) is 0 Å². The van der Waals surface area contributed by atoms with Crippen LogP contribution in [0.4, 0.5) is 0 Å². The van der Waals surface area contributed by atoms with Crippen LogP contribution in [0.3, 0.4) is 0 Å². The molecule has 9 heavy (non-hydrogen) atoms. The van der Waals surface area contributed by atoms with Crippen molar-refractivity contribution in [3.8, 4) is 0 Å². The number of rotatable bonds is 2. The van der Waals surface area contributed by atoms with Gasteiger partial charge in [0.2, 0.25) is 4.38 Å². The van der Waals surface area contributed by atoms with Gasteiger partial charge in [-0.3, -0.25) is 0 Å². The van der Waals surface area contributed by atoms with Crippen molar-refractivity contribution in [3.63, 3.8) is 0 Å². The fraction of sp³-hybridized carbons (Fsp3) is 0.800. The van der Waals surface area contributed by atoms with E-state index in [9.17, 15) is 0 Å². The summed E-state index contributed by atoms with van der Waals surface area (Å²) in [5, 5.41) is 0. The van der Waals surface area contributed by atoms with E-state index in [1.165, 1.54) is 0 Å². The average molecular weight is 345 g/mol. The predicted molar refractivity (Wildman–Crippen MR) is 42.4 cm³/mol. The van der Waals surface area contributed by atoms with Crippen LogP contribution in [0.15, 0.2) is 0 Å². The molecule has 0 saturated heterocycles. The van der Waals surface area contributed by atoms with Crippen LogP contribution in [0.1, 0.15) is 13.8 Å². The maximum Gasteiger partial charge on any atom is 2.00 e. The van der Waals surface area contributed by atoms with Crippen molar-refractivity contribution < 1.29 is 25.8 Å². The molecule has 0 unspecified atom stereocenters. The predicted octanol–water partition coefficient (Wildman–Crippen LogP) is 2.06. The molecule has 0 amide bonds. The van der Waals surface area contributed by atoms with Crippen molar-refractivity contribution >= 4 is 28.4 Å². The number of hydrogen-bond acceptors (Lipinski definition) is 3. The van der Waals surface area contributed by atoms with E-state index < -0.39 is 0 Å². The van der Waals surface area contributed by atoms with Crippen molar-refractivity contribution in [1.82, 2.24) is 0 Å². The second-order valence-electron chi connectivity index (χ2n) is 1.12. The maximum absolute atomic E-state index is 4.98. The van der Waals surface area contributed by atoms with Crippen LogP contribution >= 0.6 is 24.0 Å². The van der Waals surface area contributed by atoms with Gasteiger partial charge in [-0.05, 0) is 24.9 Å². The van der Waals surface area contributed by atoms with Crippen LogP contribution in [0.2, 0.25) is 0 Å². The summed E-state index contributed by atoms with van der Waals surface area (Å²) in [6, 6.07) is 0. The minimum absolute atomic E-state index is 0. The fourth-order valence-corrected chi connectivity index (χ4v) is 1.19. The third-order valence-corrected chi connectivity index (χ3v) is 1.64. The second-order valence-corrected chi connectivity index (χ2v) is 2.98. The fourth-order valence-electron chi connectivity index (χ4n) is 0.277. The van der Waals surface area contributed by atoms with Gasteiger partial charge in [-0.2, -0.15) is 0 Å². The van der Waals surface area contributed by atoms with E-state index in [-0.39, 0.29) is 21.1 Å². The molecule has 0 aliphatic heterocycles. The smallest absolute Gasteiger partial charge is 0.479 e. The molecule has 0 aromatic carbocycles. The number of ether oxygens (including phenoxy) is 1. The third-order valence-electron chi connectivity index (χ3n) is 0.524. The summed E-state index contributed by atoms with van der Waals surface area (Å²) in [5.41, 5.74) is 0. The van der Waals surface area contributed by atoms with Gasteiger partial charge in [0, 0.05) is 0 Å².